The Morgan fingerprint density at radius 2 is 1.74 bits per heavy atom. The largest absolute Gasteiger partial charge is 0.461 e. The van der Waals surface area contributed by atoms with Gasteiger partial charge in [0, 0.05) is 0 Å². The molecular weight excluding hydrogens is 344 g/mol. The Kier molecular flexibility index (Phi) is 5.68. The van der Waals surface area contributed by atoms with E-state index in [4.69, 9.17) is 4.74 Å². The smallest absolute Gasteiger partial charge is 0.329 e. The van der Waals surface area contributed by atoms with Crippen molar-refractivity contribution in [1.29, 1.82) is 0 Å². The van der Waals surface area contributed by atoms with E-state index < -0.39 is 29.5 Å². The van der Waals surface area contributed by atoms with Crippen LogP contribution in [0, 0.1) is 0 Å². The van der Waals surface area contributed by atoms with Crippen LogP contribution in [0.5, 0.6) is 0 Å². The quantitative estimate of drug-likeness (QED) is 0.632. The Balaban J connectivity index is 2.34. The minimum atomic E-state index is -1.21. The number of benzene rings is 1. The standard InChI is InChI=1S/C21H30N2O4/c1-8-16(17(24)27-13(2)3)23-18(25)21(7,22-19(23)26)15-11-9-14(10-12-15)20(4,5)6/h9-13,16H,8H2,1-7H3,(H,22,26). The van der Waals surface area contributed by atoms with Gasteiger partial charge in [0.2, 0.25) is 0 Å². The van der Waals surface area contributed by atoms with E-state index in [1.807, 2.05) is 24.3 Å². The molecule has 2 atom stereocenters. The Morgan fingerprint density at radius 1 is 1.19 bits per heavy atom. The van der Waals surface area contributed by atoms with Crippen LogP contribution in [0.1, 0.15) is 66.0 Å². The average molecular weight is 374 g/mol. The molecule has 1 aliphatic rings. The van der Waals surface area contributed by atoms with Gasteiger partial charge < -0.3 is 10.1 Å². The van der Waals surface area contributed by atoms with Gasteiger partial charge in [0.05, 0.1) is 6.10 Å². The zero-order valence-corrected chi connectivity index (χ0v) is 17.3. The maximum absolute atomic E-state index is 13.1. The molecule has 1 aromatic rings. The number of carbonyl (C=O) groups excluding carboxylic acids is 3. The van der Waals surface area contributed by atoms with Gasteiger partial charge in [-0.1, -0.05) is 52.0 Å². The van der Waals surface area contributed by atoms with Crippen LogP contribution in [0.3, 0.4) is 0 Å². The zero-order chi connectivity index (χ0) is 20.6. The normalized spacial score (nSPS) is 21.4. The molecule has 0 saturated carbocycles. The molecule has 1 heterocycles. The highest BCUT2D eigenvalue weighted by Crippen LogP contribution is 2.32. The van der Waals surface area contributed by atoms with Crippen molar-refractivity contribution in [2.75, 3.05) is 0 Å². The zero-order valence-electron chi connectivity index (χ0n) is 17.3. The van der Waals surface area contributed by atoms with Gasteiger partial charge in [-0.25, -0.2) is 14.5 Å². The van der Waals surface area contributed by atoms with Crippen LogP contribution >= 0.6 is 0 Å². The highest BCUT2D eigenvalue weighted by atomic mass is 16.5. The summed E-state index contributed by atoms with van der Waals surface area (Å²) in [7, 11) is 0. The molecule has 0 bridgehead atoms. The number of nitrogens with zero attached hydrogens (tertiary/aromatic N) is 1. The van der Waals surface area contributed by atoms with E-state index in [0.717, 1.165) is 10.5 Å². The Hall–Kier alpha value is -2.37. The molecule has 1 N–H and O–H groups in total. The lowest BCUT2D eigenvalue weighted by Gasteiger charge is -2.26. The van der Waals surface area contributed by atoms with E-state index in [0.29, 0.717) is 12.0 Å². The fourth-order valence-corrected chi connectivity index (χ4v) is 3.21. The monoisotopic (exact) mass is 374 g/mol. The minimum Gasteiger partial charge on any atom is -0.461 e. The van der Waals surface area contributed by atoms with Crippen molar-refractivity contribution in [3.05, 3.63) is 35.4 Å². The first-order valence-electron chi connectivity index (χ1n) is 9.39. The van der Waals surface area contributed by atoms with Crippen LogP contribution in [-0.4, -0.2) is 35.0 Å². The molecule has 0 radical (unpaired) electrons. The van der Waals surface area contributed by atoms with Gasteiger partial charge in [0.1, 0.15) is 11.6 Å². The second-order valence-corrected chi connectivity index (χ2v) is 8.47. The second kappa shape index (κ2) is 7.33. The number of ether oxygens (including phenoxy) is 1. The van der Waals surface area contributed by atoms with E-state index in [1.54, 1.807) is 27.7 Å². The van der Waals surface area contributed by atoms with Crippen LogP contribution in [0.2, 0.25) is 0 Å². The Bertz CT molecular complexity index is 734. The highest BCUT2D eigenvalue weighted by Gasteiger charge is 2.52. The van der Waals surface area contributed by atoms with Crippen molar-refractivity contribution in [3.8, 4) is 0 Å². The molecule has 1 aliphatic heterocycles. The van der Waals surface area contributed by atoms with Crippen LogP contribution in [0.25, 0.3) is 0 Å². The summed E-state index contributed by atoms with van der Waals surface area (Å²) in [6, 6.07) is 6.14. The first-order valence-corrected chi connectivity index (χ1v) is 9.39. The summed E-state index contributed by atoms with van der Waals surface area (Å²) in [5.41, 5.74) is 0.597. The second-order valence-electron chi connectivity index (χ2n) is 8.47. The molecule has 0 spiro atoms. The third kappa shape index (κ3) is 3.99. The molecule has 1 saturated heterocycles. The molecule has 27 heavy (non-hydrogen) atoms. The van der Waals surface area contributed by atoms with Gasteiger partial charge in [0.25, 0.3) is 5.91 Å². The van der Waals surface area contributed by atoms with Gasteiger partial charge in [-0.2, -0.15) is 0 Å². The molecule has 3 amide bonds. The molecule has 0 aliphatic carbocycles. The van der Waals surface area contributed by atoms with E-state index in [2.05, 4.69) is 26.1 Å². The van der Waals surface area contributed by atoms with Gasteiger partial charge in [-0.3, -0.25) is 4.79 Å². The predicted molar refractivity (Wildman–Crippen MR) is 103 cm³/mol. The third-order valence-corrected chi connectivity index (χ3v) is 4.87. The van der Waals surface area contributed by atoms with E-state index in [1.165, 1.54) is 0 Å². The Labute approximate surface area is 161 Å². The summed E-state index contributed by atoms with van der Waals surface area (Å²) in [4.78, 5) is 39.1. The van der Waals surface area contributed by atoms with Crippen molar-refractivity contribution < 1.29 is 19.1 Å². The topological polar surface area (TPSA) is 75.7 Å². The summed E-state index contributed by atoms with van der Waals surface area (Å²) >= 11 is 0. The van der Waals surface area contributed by atoms with Crippen molar-refractivity contribution in [2.24, 2.45) is 0 Å². The van der Waals surface area contributed by atoms with E-state index in [9.17, 15) is 14.4 Å². The van der Waals surface area contributed by atoms with Crippen LogP contribution in [-0.2, 0) is 25.3 Å². The van der Waals surface area contributed by atoms with Crippen LogP contribution < -0.4 is 5.32 Å². The number of rotatable bonds is 5. The number of hydrogen-bond acceptors (Lipinski definition) is 4. The molecule has 6 nitrogen and oxygen atoms in total. The van der Waals surface area contributed by atoms with Crippen molar-refractivity contribution in [1.82, 2.24) is 10.2 Å². The third-order valence-electron chi connectivity index (χ3n) is 4.87. The number of urea groups is 1. The number of amides is 3. The number of hydrogen-bond donors (Lipinski definition) is 1. The van der Waals surface area contributed by atoms with Crippen molar-refractivity contribution >= 4 is 17.9 Å². The summed E-state index contributed by atoms with van der Waals surface area (Å²) in [5, 5.41) is 2.76. The Morgan fingerprint density at radius 3 is 2.19 bits per heavy atom. The summed E-state index contributed by atoms with van der Waals surface area (Å²) < 4.78 is 5.23. The molecular formula is C21H30N2O4. The lowest BCUT2D eigenvalue weighted by atomic mass is 9.84. The van der Waals surface area contributed by atoms with Crippen LogP contribution in [0.4, 0.5) is 4.79 Å². The fraction of sp³-hybridized carbons (Fsp3) is 0.571. The lowest BCUT2D eigenvalue weighted by Crippen LogP contribution is -2.47. The van der Waals surface area contributed by atoms with Gasteiger partial charge in [0.15, 0.2) is 0 Å². The van der Waals surface area contributed by atoms with Gasteiger partial charge in [-0.15, -0.1) is 0 Å². The van der Waals surface area contributed by atoms with Crippen molar-refractivity contribution in [3.63, 3.8) is 0 Å². The average Bonchev–Trinajstić information content (AvgIpc) is 2.79. The fourth-order valence-electron chi connectivity index (χ4n) is 3.21. The summed E-state index contributed by atoms with van der Waals surface area (Å²) in [6.45, 7) is 13.2. The molecule has 0 aromatic heterocycles. The molecule has 6 heteroatoms. The van der Waals surface area contributed by atoms with E-state index in [-0.39, 0.29) is 11.5 Å². The molecule has 2 rings (SSSR count). The number of esters is 1. The molecule has 2 unspecified atom stereocenters. The molecule has 1 aromatic carbocycles. The summed E-state index contributed by atoms with van der Waals surface area (Å²) in [6.07, 6.45) is -0.0207. The SMILES string of the molecule is CCC(C(=O)OC(C)C)N1C(=O)NC(C)(c2ccc(C(C)(C)C)cc2)C1=O. The minimum absolute atomic E-state index is 0.0116. The maximum Gasteiger partial charge on any atom is 0.329 e. The van der Waals surface area contributed by atoms with Gasteiger partial charge in [-0.05, 0) is 43.7 Å². The van der Waals surface area contributed by atoms with Crippen LogP contribution in [0.15, 0.2) is 24.3 Å². The first kappa shape index (κ1) is 20.9. The predicted octanol–water partition coefficient (Wildman–Crippen LogP) is 3.48. The van der Waals surface area contributed by atoms with Gasteiger partial charge >= 0.3 is 12.0 Å². The van der Waals surface area contributed by atoms with E-state index >= 15 is 0 Å². The number of imide groups is 1. The number of carbonyl (C=O) groups is 3. The first-order chi connectivity index (χ1) is 12.4. The molecule has 1 fully saturated rings. The maximum atomic E-state index is 13.1. The summed E-state index contributed by atoms with van der Waals surface area (Å²) in [5.74, 6) is -1.01. The lowest BCUT2D eigenvalue weighted by molar-refractivity contribution is -0.156. The van der Waals surface area contributed by atoms with Crippen molar-refractivity contribution in [2.45, 2.75) is 78.0 Å². The molecule has 148 valence electrons. The highest BCUT2D eigenvalue weighted by molar-refractivity contribution is 6.09. The number of nitrogens with one attached hydrogen (secondary N) is 1.